The van der Waals surface area contributed by atoms with Gasteiger partial charge in [0.05, 0.1) is 12.0 Å². The molecule has 0 fully saturated rings. The molecule has 0 saturated heterocycles. The summed E-state index contributed by atoms with van der Waals surface area (Å²) in [5, 5.41) is 9.16. The number of nitrogens with zero attached hydrogens (tertiary/aromatic N) is 1. The van der Waals surface area contributed by atoms with Crippen LogP contribution in [-0.2, 0) is 4.79 Å². The van der Waals surface area contributed by atoms with E-state index in [-0.39, 0.29) is 5.91 Å². The number of rotatable bonds is 8. The molecule has 0 saturated carbocycles. The minimum Gasteiger partial charge on any atom is -0.359 e. The molecule has 0 aromatic heterocycles. The van der Waals surface area contributed by atoms with Gasteiger partial charge in [0.2, 0.25) is 5.91 Å². The maximum atomic E-state index is 11.7. The van der Waals surface area contributed by atoms with Gasteiger partial charge in [0.25, 0.3) is 0 Å². The normalized spacial score (nSPS) is 12.2. The van der Waals surface area contributed by atoms with E-state index in [1.807, 2.05) is 20.8 Å². The van der Waals surface area contributed by atoms with Gasteiger partial charge in [-0.1, -0.05) is 19.8 Å². The molecule has 0 aromatic rings. The molecule has 0 spiro atoms. The number of carbonyl (C=O) groups excluding carboxylic acids is 1. The van der Waals surface area contributed by atoms with Crippen LogP contribution in [0.3, 0.4) is 0 Å². The van der Waals surface area contributed by atoms with Gasteiger partial charge in [0, 0.05) is 20.1 Å². The summed E-state index contributed by atoms with van der Waals surface area (Å²) in [6.07, 6.45) is 3.56. The van der Waals surface area contributed by atoms with E-state index >= 15 is 0 Å². The van der Waals surface area contributed by atoms with Crippen molar-refractivity contribution in [1.82, 2.24) is 16.0 Å². The van der Waals surface area contributed by atoms with E-state index in [0.29, 0.717) is 6.54 Å². The summed E-state index contributed by atoms with van der Waals surface area (Å²) >= 11 is 0. The highest BCUT2D eigenvalue weighted by Gasteiger charge is 2.26. The number of hydrogen-bond donors (Lipinski definition) is 3. The second kappa shape index (κ2) is 9.64. The molecule has 0 bridgehead atoms. The SMILES string of the molecule is CCCCCNC(=NCC(C)(C)C(=O)NC)NCC. The van der Waals surface area contributed by atoms with Gasteiger partial charge >= 0.3 is 0 Å². The molecule has 0 rings (SSSR count). The lowest BCUT2D eigenvalue weighted by Gasteiger charge is -2.21. The molecule has 5 nitrogen and oxygen atoms in total. The van der Waals surface area contributed by atoms with Crippen LogP contribution in [0.25, 0.3) is 0 Å². The van der Waals surface area contributed by atoms with Crippen LogP contribution in [0.2, 0.25) is 0 Å². The van der Waals surface area contributed by atoms with Crippen molar-refractivity contribution in [1.29, 1.82) is 0 Å². The zero-order valence-electron chi connectivity index (χ0n) is 13.1. The number of nitrogens with one attached hydrogen (secondary N) is 3. The third kappa shape index (κ3) is 7.70. The second-order valence-electron chi connectivity index (χ2n) is 5.29. The topological polar surface area (TPSA) is 65.5 Å². The van der Waals surface area contributed by atoms with Crippen molar-refractivity contribution < 1.29 is 4.79 Å². The Morgan fingerprint density at radius 1 is 1.16 bits per heavy atom. The summed E-state index contributed by atoms with van der Waals surface area (Å²) in [7, 11) is 1.65. The van der Waals surface area contributed by atoms with Crippen LogP contribution < -0.4 is 16.0 Å². The molecule has 0 radical (unpaired) electrons. The van der Waals surface area contributed by atoms with Crippen LogP contribution in [-0.4, -0.2) is 38.5 Å². The van der Waals surface area contributed by atoms with E-state index in [9.17, 15) is 4.79 Å². The molecular weight excluding hydrogens is 240 g/mol. The van der Waals surface area contributed by atoms with Gasteiger partial charge in [-0.2, -0.15) is 0 Å². The highest BCUT2D eigenvalue weighted by molar-refractivity contribution is 5.83. The third-order valence-electron chi connectivity index (χ3n) is 2.89. The predicted molar refractivity (Wildman–Crippen MR) is 81.4 cm³/mol. The van der Waals surface area contributed by atoms with Crippen molar-refractivity contribution in [2.24, 2.45) is 10.4 Å². The first kappa shape index (κ1) is 17.7. The Bertz CT molecular complexity index is 287. The van der Waals surface area contributed by atoms with Gasteiger partial charge in [-0.15, -0.1) is 0 Å². The molecule has 0 aromatic carbocycles. The smallest absolute Gasteiger partial charge is 0.227 e. The molecule has 1 amide bonds. The van der Waals surface area contributed by atoms with Crippen LogP contribution >= 0.6 is 0 Å². The zero-order valence-corrected chi connectivity index (χ0v) is 13.1. The molecule has 5 heteroatoms. The fourth-order valence-corrected chi connectivity index (χ4v) is 1.61. The van der Waals surface area contributed by atoms with Crippen LogP contribution in [0.15, 0.2) is 4.99 Å². The summed E-state index contributed by atoms with van der Waals surface area (Å²) in [4.78, 5) is 16.2. The number of hydrogen-bond acceptors (Lipinski definition) is 2. The maximum absolute atomic E-state index is 11.7. The minimum atomic E-state index is -0.486. The van der Waals surface area contributed by atoms with E-state index in [0.717, 1.165) is 25.5 Å². The number of guanidine groups is 1. The number of amides is 1. The first-order valence-corrected chi connectivity index (χ1v) is 7.22. The lowest BCUT2D eigenvalue weighted by Crippen LogP contribution is -2.41. The summed E-state index contributed by atoms with van der Waals surface area (Å²) in [6, 6.07) is 0. The van der Waals surface area contributed by atoms with Crippen LogP contribution in [0.4, 0.5) is 0 Å². The molecule has 112 valence electrons. The number of carbonyl (C=O) groups is 1. The lowest BCUT2D eigenvalue weighted by molar-refractivity contribution is -0.128. The molecule has 0 aliphatic carbocycles. The van der Waals surface area contributed by atoms with E-state index < -0.39 is 5.41 Å². The Hall–Kier alpha value is -1.26. The Morgan fingerprint density at radius 3 is 2.37 bits per heavy atom. The number of aliphatic imine (C=N–C) groups is 1. The van der Waals surface area contributed by atoms with Crippen LogP contribution in [0, 0.1) is 5.41 Å². The van der Waals surface area contributed by atoms with Gasteiger partial charge in [0.15, 0.2) is 5.96 Å². The molecular formula is C14H30N4O. The molecule has 0 atom stereocenters. The summed E-state index contributed by atoms with van der Waals surface area (Å²) in [5.74, 6) is 0.800. The van der Waals surface area contributed by atoms with Gasteiger partial charge in [-0.05, 0) is 27.2 Å². The van der Waals surface area contributed by atoms with E-state index in [2.05, 4.69) is 27.9 Å². The average molecular weight is 270 g/mol. The molecule has 0 heterocycles. The van der Waals surface area contributed by atoms with Crippen molar-refractivity contribution in [2.75, 3.05) is 26.7 Å². The van der Waals surface area contributed by atoms with Crippen molar-refractivity contribution in [3.05, 3.63) is 0 Å². The first-order valence-electron chi connectivity index (χ1n) is 7.22. The summed E-state index contributed by atoms with van der Waals surface area (Å²) in [5.41, 5.74) is -0.486. The Balaban J connectivity index is 4.35. The fraction of sp³-hybridized carbons (Fsp3) is 0.857. The van der Waals surface area contributed by atoms with Gasteiger partial charge in [-0.25, -0.2) is 0 Å². The standard InChI is InChI=1S/C14H30N4O/c1-6-8-9-10-17-13(16-7-2)18-11-14(3,4)12(19)15-5/h6-11H2,1-5H3,(H,15,19)(H2,16,17,18). The zero-order chi connectivity index (χ0) is 14.7. The highest BCUT2D eigenvalue weighted by Crippen LogP contribution is 2.15. The van der Waals surface area contributed by atoms with Crippen molar-refractivity contribution >= 4 is 11.9 Å². The minimum absolute atomic E-state index is 0.0121. The third-order valence-corrected chi connectivity index (χ3v) is 2.89. The molecule has 0 aliphatic heterocycles. The van der Waals surface area contributed by atoms with Gasteiger partial charge < -0.3 is 16.0 Å². The molecule has 0 aliphatic rings. The van der Waals surface area contributed by atoms with Crippen LogP contribution in [0.5, 0.6) is 0 Å². The van der Waals surface area contributed by atoms with Crippen molar-refractivity contribution in [2.45, 2.75) is 47.0 Å². The van der Waals surface area contributed by atoms with Crippen molar-refractivity contribution in [3.8, 4) is 0 Å². The van der Waals surface area contributed by atoms with E-state index in [1.54, 1.807) is 7.05 Å². The van der Waals surface area contributed by atoms with Crippen LogP contribution in [0.1, 0.15) is 47.0 Å². The van der Waals surface area contributed by atoms with E-state index in [4.69, 9.17) is 0 Å². The predicted octanol–water partition coefficient (Wildman–Crippen LogP) is 1.50. The van der Waals surface area contributed by atoms with Crippen molar-refractivity contribution in [3.63, 3.8) is 0 Å². The fourth-order valence-electron chi connectivity index (χ4n) is 1.61. The molecule has 0 unspecified atom stereocenters. The average Bonchev–Trinajstić information content (AvgIpc) is 2.39. The van der Waals surface area contributed by atoms with Gasteiger partial charge in [-0.3, -0.25) is 9.79 Å². The monoisotopic (exact) mass is 270 g/mol. The van der Waals surface area contributed by atoms with E-state index in [1.165, 1.54) is 12.8 Å². The highest BCUT2D eigenvalue weighted by atomic mass is 16.2. The largest absolute Gasteiger partial charge is 0.359 e. The summed E-state index contributed by atoms with van der Waals surface area (Å²) < 4.78 is 0. The maximum Gasteiger partial charge on any atom is 0.227 e. The molecule has 19 heavy (non-hydrogen) atoms. The molecule has 3 N–H and O–H groups in total. The summed E-state index contributed by atoms with van der Waals surface area (Å²) in [6.45, 7) is 10.2. The quantitative estimate of drug-likeness (QED) is 0.356. The Labute approximate surface area is 117 Å². The Morgan fingerprint density at radius 2 is 1.84 bits per heavy atom. The Kier molecular flexibility index (Phi) is 9.00. The lowest BCUT2D eigenvalue weighted by atomic mass is 9.93. The number of unbranched alkanes of at least 4 members (excludes halogenated alkanes) is 2. The first-order chi connectivity index (χ1) is 8.97. The van der Waals surface area contributed by atoms with Gasteiger partial charge in [0.1, 0.15) is 0 Å². The second-order valence-corrected chi connectivity index (χ2v) is 5.29.